The fourth-order valence-electron chi connectivity index (χ4n) is 2.24. The molecule has 2 aromatic rings. The van der Waals surface area contributed by atoms with E-state index in [2.05, 4.69) is 5.32 Å². The summed E-state index contributed by atoms with van der Waals surface area (Å²) in [5.74, 6) is -0.890. The molecule has 0 unspecified atom stereocenters. The zero-order valence-electron chi connectivity index (χ0n) is 15.2. The predicted octanol–water partition coefficient (Wildman–Crippen LogP) is 3.24. The predicted molar refractivity (Wildman–Crippen MR) is 98.5 cm³/mol. The van der Waals surface area contributed by atoms with E-state index in [0.29, 0.717) is 5.75 Å². The third-order valence-electron chi connectivity index (χ3n) is 3.66. The summed E-state index contributed by atoms with van der Waals surface area (Å²) >= 11 is 0. The first-order valence-corrected chi connectivity index (χ1v) is 8.26. The Kier molecular flexibility index (Phi) is 6.48. The normalized spacial score (nSPS) is 12.6. The van der Waals surface area contributed by atoms with Crippen LogP contribution in [0.25, 0.3) is 0 Å². The molecular weight excluding hydrogens is 352 g/mol. The molecule has 0 fully saturated rings. The minimum Gasteiger partial charge on any atom is -0.479 e. The summed E-state index contributed by atoms with van der Waals surface area (Å²) in [6.45, 7) is 4.78. The summed E-state index contributed by atoms with van der Waals surface area (Å²) in [4.78, 5) is 34.7. The van der Waals surface area contributed by atoms with Crippen LogP contribution in [-0.4, -0.2) is 29.0 Å². The summed E-state index contributed by atoms with van der Waals surface area (Å²) in [5, 5.41) is 13.4. The highest BCUT2D eigenvalue weighted by Gasteiger charge is 2.25. The maximum Gasteiger partial charge on any atom is 0.347 e. The van der Waals surface area contributed by atoms with E-state index < -0.39 is 29.0 Å². The van der Waals surface area contributed by atoms with Gasteiger partial charge in [-0.15, -0.1) is 0 Å². The molecule has 2 rings (SSSR count). The number of nitrogens with zero attached hydrogens (tertiary/aromatic N) is 1. The topological polar surface area (TPSA) is 108 Å². The van der Waals surface area contributed by atoms with Gasteiger partial charge in [-0.1, -0.05) is 24.3 Å². The molecule has 0 aliphatic heterocycles. The van der Waals surface area contributed by atoms with Crippen LogP contribution in [0.1, 0.15) is 19.4 Å². The van der Waals surface area contributed by atoms with Crippen LogP contribution >= 0.6 is 0 Å². The van der Waals surface area contributed by atoms with Crippen molar-refractivity contribution in [1.82, 2.24) is 0 Å². The number of carbonyl (C=O) groups excluding carboxylic acids is 2. The van der Waals surface area contributed by atoms with E-state index in [4.69, 9.17) is 9.47 Å². The Morgan fingerprint density at radius 1 is 1.07 bits per heavy atom. The molecule has 0 aromatic heterocycles. The number of amides is 1. The van der Waals surface area contributed by atoms with Crippen LogP contribution in [0.5, 0.6) is 5.75 Å². The van der Waals surface area contributed by atoms with Gasteiger partial charge in [0.2, 0.25) is 0 Å². The molecule has 1 N–H and O–H groups in total. The summed E-state index contributed by atoms with van der Waals surface area (Å²) in [6.07, 6.45) is -2.08. The number of carbonyl (C=O) groups is 2. The van der Waals surface area contributed by atoms with E-state index in [1.807, 2.05) is 13.0 Å². The standard InChI is InChI=1S/C19H20N2O6/c1-12-7-6-8-15(11-12)26-14(3)19(23)27-13(2)18(22)20-16-9-4-5-10-17(16)21(24)25/h4-11,13-14H,1-3H3,(H,20,22)/t13-,14-/m0/s1. The van der Waals surface area contributed by atoms with Crippen molar-refractivity contribution in [1.29, 1.82) is 0 Å². The molecule has 1 amide bonds. The molecule has 0 bridgehead atoms. The van der Waals surface area contributed by atoms with Crippen LogP contribution in [0, 0.1) is 17.0 Å². The summed E-state index contributed by atoms with van der Waals surface area (Å²) < 4.78 is 10.6. The molecule has 0 aliphatic carbocycles. The fourth-order valence-corrected chi connectivity index (χ4v) is 2.24. The lowest BCUT2D eigenvalue weighted by Crippen LogP contribution is -2.35. The lowest BCUT2D eigenvalue weighted by atomic mass is 10.2. The van der Waals surface area contributed by atoms with Gasteiger partial charge in [-0.2, -0.15) is 0 Å². The molecule has 0 radical (unpaired) electrons. The van der Waals surface area contributed by atoms with E-state index in [1.165, 1.54) is 32.0 Å². The van der Waals surface area contributed by atoms with Crippen LogP contribution in [-0.2, 0) is 14.3 Å². The number of anilines is 1. The highest BCUT2D eigenvalue weighted by Crippen LogP contribution is 2.23. The van der Waals surface area contributed by atoms with Crippen LogP contribution in [0.3, 0.4) is 0 Å². The quantitative estimate of drug-likeness (QED) is 0.454. The molecule has 0 saturated carbocycles. The lowest BCUT2D eigenvalue weighted by Gasteiger charge is -2.18. The zero-order chi connectivity index (χ0) is 20.0. The van der Waals surface area contributed by atoms with Crippen molar-refractivity contribution < 1.29 is 24.0 Å². The number of nitro groups is 1. The Morgan fingerprint density at radius 3 is 2.44 bits per heavy atom. The minimum absolute atomic E-state index is 0.0273. The lowest BCUT2D eigenvalue weighted by molar-refractivity contribution is -0.383. The number of nitrogens with one attached hydrogen (secondary N) is 1. The zero-order valence-corrected chi connectivity index (χ0v) is 15.2. The van der Waals surface area contributed by atoms with Gasteiger partial charge < -0.3 is 14.8 Å². The number of aryl methyl sites for hydroxylation is 1. The molecule has 0 saturated heterocycles. The molecule has 8 heteroatoms. The van der Waals surface area contributed by atoms with Gasteiger partial charge in [0.25, 0.3) is 11.6 Å². The number of hydrogen-bond acceptors (Lipinski definition) is 6. The van der Waals surface area contributed by atoms with Gasteiger partial charge >= 0.3 is 5.97 Å². The van der Waals surface area contributed by atoms with E-state index in [-0.39, 0.29) is 11.4 Å². The van der Waals surface area contributed by atoms with Crippen LogP contribution in [0.4, 0.5) is 11.4 Å². The summed E-state index contributed by atoms with van der Waals surface area (Å²) in [5.41, 5.74) is 0.755. The highest BCUT2D eigenvalue weighted by molar-refractivity contribution is 5.97. The van der Waals surface area contributed by atoms with E-state index in [9.17, 15) is 19.7 Å². The summed E-state index contributed by atoms with van der Waals surface area (Å²) in [6, 6.07) is 12.9. The van der Waals surface area contributed by atoms with E-state index >= 15 is 0 Å². The van der Waals surface area contributed by atoms with Gasteiger partial charge in [-0.05, 0) is 44.5 Å². The van der Waals surface area contributed by atoms with Crippen molar-refractivity contribution in [3.8, 4) is 5.75 Å². The summed E-state index contributed by atoms with van der Waals surface area (Å²) in [7, 11) is 0. The van der Waals surface area contributed by atoms with Gasteiger partial charge in [0.05, 0.1) is 4.92 Å². The van der Waals surface area contributed by atoms with E-state index in [1.54, 1.807) is 24.3 Å². The first-order valence-electron chi connectivity index (χ1n) is 8.26. The van der Waals surface area contributed by atoms with Gasteiger partial charge in [-0.25, -0.2) is 4.79 Å². The van der Waals surface area contributed by atoms with Crippen molar-refractivity contribution in [3.05, 3.63) is 64.2 Å². The number of para-hydroxylation sites is 2. The smallest absolute Gasteiger partial charge is 0.347 e. The van der Waals surface area contributed by atoms with Crippen molar-refractivity contribution in [3.63, 3.8) is 0 Å². The Bertz CT molecular complexity index is 852. The number of benzene rings is 2. The largest absolute Gasteiger partial charge is 0.479 e. The third-order valence-corrected chi connectivity index (χ3v) is 3.66. The maximum absolute atomic E-state index is 12.2. The number of hydrogen-bond donors (Lipinski definition) is 1. The SMILES string of the molecule is Cc1cccc(O[C@@H](C)C(=O)O[C@@H](C)C(=O)Nc2ccccc2[N+](=O)[O-])c1. The Labute approximate surface area is 156 Å². The molecule has 27 heavy (non-hydrogen) atoms. The van der Waals surface area contributed by atoms with Gasteiger partial charge in [0.1, 0.15) is 11.4 Å². The minimum atomic E-state index is -1.15. The average molecular weight is 372 g/mol. The Balaban J connectivity index is 1.95. The van der Waals surface area contributed by atoms with Gasteiger partial charge in [0, 0.05) is 6.07 Å². The average Bonchev–Trinajstić information content (AvgIpc) is 2.61. The molecular formula is C19H20N2O6. The second kappa shape index (κ2) is 8.79. The van der Waals surface area contributed by atoms with Crippen molar-refractivity contribution in [2.75, 3.05) is 5.32 Å². The van der Waals surface area contributed by atoms with Crippen LogP contribution in [0.15, 0.2) is 48.5 Å². The number of rotatable bonds is 7. The molecule has 2 atom stereocenters. The van der Waals surface area contributed by atoms with Crippen LogP contribution in [0.2, 0.25) is 0 Å². The molecule has 142 valence electrons. The second-order valence-corrected chi connectivity index (χ2v) is 5.92. The van der Waals surface area contributed by atoms with Crippen molar-refractivity contribution in [2.45, 2.75) is 33.0 Å². The molecule has 0 heterocycles. The molecule has 8 nitrogen and oxygen atoms in total. The molecule has 0 aliphatic rings. The number of esters is 1. The second-order valence-electron chi connectivity index (χ2n) is 5.92. The first kappa shape index (κ1) is 19.9. The fraction of sp³-hybridized carbons (Fsp3) is 0.263. The highest BCUT2D eigenvalue weighted by atomic mass is 16.6. The van der Waals surface area contributed by atoms with Gasteiger partial charge in [-0.3, -0.25) is 14.9 Å². The Hall–Kier alpha value is -3.42. The monoisotopic (exact) mass is 372 g/mol. The first-order chi connectivity index (χ1) is 12.8. The van der Waals surface area contributed by atoms with Crippen molar-refractivity contribution >= 4 is 23.3 Å². The van der Waals surface area contributed by atoms with Crippen LogP contribution < -0.4 is 10.1 Å². The van der Waals surface area contributed by atoms with Crippen molar-refractivity contribution in [2.24, 2.45) is 0 Å². The Morgan fingerprint density at radius 2 is 1.78 bits per heavy atom. The molecule has 0 spiro atoms. The van der Waals surface area contributed by atoms with Gasteiger partial charge in [0.15, 0.2) is 12.2 Å². The maximum atomic E-state index is 12.2. The molecule has 2 aromatic carbocycles. The number of nitro benzene ring substituents is 1. The third kappa shape index (κ3) is 5.53. The number of ether oxygens (including phenoxy) is 2. The van der Waals surface area contributed by atoms with E-state index in [0.717, 1.165) is 5.56 Å².